The standard InChI is InChI=1S/C29H20N4O5/c34-28-21-15-31-25(20-10-5-11-22-27(20)38-29(35)32-22)24(21)26(33(28)16-23-30-12-13-36-23)17-6-4-9-19(14-17)37-18-7-2-1-3-8-18/h1-14,26H,15-16H2,(H,32,35). The molecule has 0 aliphatic carbocycles. The molecule has 9 nitrogen and oxygen atoms in total. The van der Waals surface area contributed by atoms with E-state index in [9.17, 15) is 9.59 Å². The van der Waals surface area contributed by atoms with Crippen molar-refractivity contribution in [2.75, 3.05) is 6.54 Å². The van der Waals surface area contributed by atoms with Crippen molar-refractivity contribution in [3.63, 3.8) is 0 Å². The van der Waals surface area contributed by atoms with Crippen LogP contribution >= 0.6 is 0 Å². The Hall–Kier alpha value is -5.18. The number of aromatic amines is 1. The van der Waals surface area contributed by atoms with Crippen LogP contribution in [0.5, 0.6) is 11.5 Å². The van der Waals surface area contributed by atoms with Crippen LogP contribution in [0.15, 0.2) is 115 Å². The van der Waals surface area contributed by atoms with E-state index in [4.69, 9.17) is 18.6 Å². The Morgan fingerprint density at radius 2 is 1.84 bits per heavy atom. The third-order valence-corrected chi connectivity index (χ3v) is 6.72. The number of para-hydroxylation sites is 2. The molecule has 1 atom stereocenters. The zero-order valence-corrected chi connectivity index (χ0v) is 20.0. The Morgan fingerprint density at radius 1 is 1.00 bits per heavy atom. The van der Waals surface area contributed by atoms with E-state index in [0.717, 1.165) is 11.1 Å². The van der Waals surface area contributed by atoms with Crippen LogP contribution in [0.4, 0.5) is 0 Å². The summed E-state index contributed by atoms with van der Waals surface area (Å²) in [7, 11) is 0. The van der Waals surface area contributed by atoms with Gasteiger partial charge in [-0.1, -0.05) is 36.4 Å². The van der Waals surface area contributed by atoms with Gasteiger partial charge in [0.25, 0.3) is 5.91 Å². The van der Waals surface area contributed by atoms with Gasteiger partial charge in [0.2, 0.25) is 5.89 Å². The van der Waals surface area contributed by atoms with E-state index >= 15 is 0 Å². The number of aliphatic imine (C=N–C) groups is 1. The number of amides is 1. The van der Waals surface area contributed by atoms with Gasteiger partial charge in [0.05, 0.1) is 36.6 Å². The van der Waals surface area contributed by atoms with Gasteiger partial charge in [0, 0.05) is 16.7 Å². The van der Waals surface area contributed by atoms with Gasteiger partial charge < -0.3 is 18.5 Å². The number of carbonyl (C=O) groups excluding carboxylic acids is 1. The highest BCUT2D eigenvalue weighted by Crippen LogP contribution is 2.44. The van der Waals surface area contributed by atoms with Gasteiger partial charge in [-0.15, -0.1) is 0 Å². The van der Waals surface area contributed by atoms with E-state index in [1.54, 1.807) is 17.2 Å². The number of hydrogen-bond donors (Lipinski definition) is 1. The molecule has 5 aromatic rings. The summed E-state index contributed by atoms with van der Waals surface area (Å²) in [6.45, 7) is 0.414. The van der Waals surface area contributed by atoms with Gasteiger partial charge in [-0.2, -0.15) is 0 Å². The highest BCUT2D eigenvalue weighted by molar-refractivity contribution is 6.25. The third kappa shape index (κ3) is 3.64. The van der Waals surface area contributed by atoms with E-state index in [2.05, 4.69) is 9.97 Å². The molecule has 4 heterocycles. The van der Waals surface area contributed by atoms with Crippen LogP contribution in [0.1, 0.15) is 23.1 Å². The fourth-order valence-electron chi connectivity index (χ4n) is 5.14. The number of H-pyrrole nitrogens is 1. The lowest BCUT2D eigenvalue weighted by atomic mass is 9.91. The van der Waals surface area contributed by atoms with Crippen molar-refractivity contribution in [3.05, 3.63) is 124 Å². The second-order valence-electron chi connectivity index (χ2n) is 9.00. The number of oxazole rings is 2. The maximum Gasteiger partial charge on any atom is 0.417 e. The normalized spacial score (nSPS) is 16.8. The Labute approximate surface area is 215 Å². The van der Waals surface area contributed by atoms with E-state index < -0.39 is 11.8 Å². The van der Waals surface area contributed by atoms with Gasteiger partial charge in [-0.05, 0) is 42.0 Å². The molecule has 0 bridgehead atoms. The van der Waals surface area contributed by atoms with Gasteiger partial charge in [0.1, 0.15) is 17.8 Å². The minimum Gasteiger partial charge on any atom is -0.457 e. The van der Waals surface area contributed by atoms with E-state index in [1.807, 2.05) is 66.7 Å². The van der Waals surface area contributed by atoms with Crippen molar-refractivity contribution < 1.29 is 18.4 Å². The molecule has 2 aliphatic rings. The van der Waals surface area contributed by atoms with Gasteiger partial charge in [0.15, 0.2) is 5.58 Å². The number of fused-ring (bicyclic) bond motifs is 1. The number of nitrogens with one attached hydrogen (secondary N) is 1. The average Bonchev–Trinajstić information content (AvgIpc) is 3.71. The summed E-state index contributed by atoms with van der Waals surface area (Å²) < 4.78 is 17.1. The van der Waals surface area contributed by atoms with E-state index in [0.29, 0.717) is 45.3 Å². The summed E-state index contributed by atoms with van der Waals surface area (Å²) in [5, 5.41) is 0. The highest BCUT2D eigenvalue weighted by atomic mass is 16.5. The van der Waals surface area contributed by atoms with Crippen LogP contribution in [0.25, 0.3) is 11.1 Å². The van der Waals surface area contributed by atoms with Crippen molar-refractivity contribution in [3.8, 4) is 11.5 Å². The maximum atomic E-state index is 13.7. The van der Waals surface area contributed by atoms with Crippen LogP contribution < -0.4 is 10.5 Å². The maximum absolute atomic E-state index is 13.7. The van der Waals surface area contributed by atoms with Crippen molar-refractivity contribution in [2.24, 2.45) is 4.99 Å². The molecule has 0 fully saturated rings. The number of ether oxygens (including phenoxy) is 1. The van der Waals surface area contributed by atoms with Crippen molar-refractivity contribution >= 4 is 22.7 Å². The lowest BCUT2D eigenvalue weighted by Crippen LogP contribution is -2.32. The molecule has 3 aromatic carbocycles. The quantitative estimate of drug-likeness (QED) is 0.356. The van der Waals surface area contributed by atoms with Gasteiger partial charge >= 0.3 is 5.76 Å². The molecule has 0 spiro atoms. The van der Waals surface area contributed by atoms with Crippen LogP contribution in [0.3, 0.4) is 0 Å². The Kier molecular flexibility index (Phi) is 5.07. The predicted octanol–water partition coefficient (Wildman–Crippen LogP) is 4.78. The fourth-order valence-corrected chi connectivity index (χ4v) is 5.14. The smallest absolute Gasteiger partial charge is 0.417 e. The number of nitrogens with zero attached hydrogens (tertiary/aromatic N) is 3. The van der Waals surface area contributed by atoms with Crippen molar-refractivity contribution in [1.29, 1.82) is 0 Å². The fraction of sp³-hybridized carbons (Fsp3) is 0.103. The minimum atomic E-state index is -0.546. The summed E-state index contributed by atoms with van der Waals surface area (Å²) in [5.41, 5.74) is 4.47. The lowest BCUT2D eigenvalue weighted by molar-refractivity contribution is -0.128. The molecule has 2 aromatic heterocycles. The SMILES string of the molecule is O=C1C2=C(C(c3cccc4[nH]c(=O)oc34)=NC2)C(c2cccc(Oc3ccccc3)c2)N1Cc1ncco1. The lowest BCUT2D eigenvalue weighted by Gasteiger charge is -2.28. The average molecular weight is 505 g/mol. The van der Waals surface area contributed by atoms with Crippen LogP contribution in [-0.4, -0.2) is 33.0 Å². The van der Waals surface area contributed by atoms with E-state index in [1.165, 1.54) is 6.26 Å². The largest absolute Gasteiger partial charge is 0.457 e. The highest BCUT2D eigenvalue weighted by Gasteiger charge is 2.45. The second kappa shape index (κ2) is 8.74. The molecule has 0 saturated heterocycles. The van der Waals surface area contributed by atoms with Crippen LogP contribution in [0.2, 0.25) is 0 Å². The van der Waals surface area contributed by atoms with Crippen LogP contribution in [-0.2, 0) is 11.3 Å². The first kappa shape index (κ1) is 22.1. The number of carbonyl (C=O) groups is 1. The number of aromatic nitrogens is 2. The summed E-state index contributed by atoms with van der Waals surface area (Å²) in [5.74, 6) is 1.09. The molecule has 9 heteroatoms. The molecule has 1 unspecified atom stereocenters. The first-order chi connectivity index (χ1) is 18.7. The summed E-state index contributed by atoms with van der Waals surface area (Å²) in [6, 6.07) is 22.1. The molecule has 186 valence electrons. The first-order valence-electron chi connectivity index (χ1n) is 12.1. The van der Waals surface area contributed by atoms with E-state index in [-0.39, 0.29) is 19.0 Å². The molecule has 2 aliphatic heterocycles. The third-order valence-electron chi connectivity index (χ3n) is 6.72. The Balaban J connectivity index is 1.34. The van der Waals surface area contributed by atoms with Crippen molar-refractivity contribution in [2.45, 2.75) is 12.6 Å². The number of rotatable bonds is 6. The minimum absolute atomic E-state index is 0.140. The summed E-state index contributed by atoms with van der Waals surface area (Å²) >= 11 is 0. The molecular weight excluding hydrogens is 484 g/mol. The molecule has 0 saturated carbocycles. The monoisotopic (exact) mass is 504 g/mol. The molecular formula is C29H20N4O5. The molecule has 1 amide bonds. The molecule has 1 N–H and O–H groups in total. The van der Waals surface area contributed by atoms with Crippen LogP contribution in [0, 0.1) is 0 Å². The molecule has 38 heavy (non-hydrogen) atoms. The number of benzene rings is 3. The number of hydrogen-bond acceptors (Lipinski definition) is 7. The predicted molar refractivity (Wildman–Crippen MR) is 138 cm³/mol. The van der Waals surface area contributed by atoms with Crippen molar-refractivity contribution in [1.82, 2.24) is 14.9 Å². The summed E-state index contributed by atoms with van der Waals surface area (Å²) in [6.07, 6.45) is 3.05. The summed E-state index contributed by atoms with van der Waals surface area (Å²) in [4.78, 5) is 39.1. The zero-order chi connectivity index (χ0) is 25.6. The van der Waals surface area contributed by atoms with Gasteiger partial charge in [-0.3, -0.25) is 14.8 Å². The molecule has 0 radical (unpaired) electrons. The first-order valence-corrected chi connectivity index (χ1v) is 12.1. The second-order valence-corrected chi connectivity index (χ2v) is 9.00. The van der Waals surface area contributed by atoms with Gasteiger partial charge in [-0.25, -0.2) is 9.78 Å². The zero-order valence-electron chi connectivity index (χ0n) is 20.0. The molecule has 7 rings (SSSR count). The topological polar surface area (TPSA) is 114 Å². The Morgan fingerprint density at radius 3 is 2.68 bits per heavy atom. The Bertz CT molecular complexity index is 1800.